The van der Waals surface area contributed by atoms with E-state index >= 15 is 0 Å². The number of fused-ring (bicyclic) bond motifs is 1. The van der Waals surface area contributed by atoms with Crippen LogP contribution in [0.25, 0.3) is 11.3 Å². The van der Waals surface area contributed by atoms with Crippen LogP contribution in [0.1, 0.15) is 10.6 Å². The molecule has 0 saturated heterocycles. The SMILES string of the molecule is O=C(CN(Cc1nc(-c2ccccc2)cs1)C(=O)Cc1ccccc1)Nc1ccc2c(c1)OCO2. The van der Waals surface area contributed by atoms with Crippen LogP contribution >= 0.6 is 11.3 Å². The number of hydrogen-bond acceptors (Lipinski definition) is 6. The Morgan fingerprint density at radius 1 is 0.943 bits per heavy atom. The number of anilines is 1. The normalized spacial score (nSPS) is 11.8. The van der Waals surface area contributed by atoms with Crippen molar-refractivity contribution in [1.29, 1.82) is 0 Å². The average Bonchev–Trinajstić information content (AvgIpc) is 3.54. The largest absolute Gasteiger partial charge is 0.454 e. The Morgan fingerprint density at radius 3 is 2.49 bits per heavy atom. The molecule has 4 aromatic rings. The van der Waals surface area contributed by atoms with Crippen molar-refractivity contribution < 1.29 is 19.1 Å². The number of thiazole rings is 1. The van der Waals surface area contributed by atoms with Gasteiger partial charge in [0.25, 0.3) is 0 Å². The zero-order valence-electron chi connectivity index (χ0n) is 18.8. The average molecular weight is 486 g/mol. The van der Waals surface area contributed by atoms with Gasteiger partial charge >= 0.3 is 0 Å². The molecule has 0 unspecified atom stereocenters. The van der Waals surface area contributed by atoms with E-state index in [2.05, 4.69) is 5.32 Å². The van der Waals surface area contributed by atoms with Crippen LogP contribution in [-0.4, -0.2) is 35.0 Å². The van der Waals surface area contributed by atoms with Gasteiger partial charge in [-0.05, 0) is 17.7 Å². The van der Waals surface area contributed by atoms with Crippen molar-refractivity contribution in [2.45, 2.75) is 13.0 Å². The molecule has 35 heavy (non-hydrogen) atoms. The molecule has 2 heterocycles. The summed E-state index contributed by atoms with van der Waals surface area (Å²) in [7, 11) is 0. The zero-order valence-corrected chi connectivity index (χ0v) is 19.7. The van der Waals surface area contributed by atoms with Gasteiger partial charge in [0.05, 0.1) is 18.7 Å². The molecular weight excluding hydrogens is 462 g/mol. The second-order valence-corrected chi connectivity index (χ2v) is 8.96. The minimum absolute atomic E-state index is 0.0969. The van der Waals surface area contributed by atoms with Crippen LogP contribution in [0.15, 0.2) is 84.2 Å². The number of carbonyl (C=O) groups is 2. The number of nitrogens with one attached hydrogen (secondary N) is 1. The number of benzene rings is 3. The number of hydrogen-bond donors (Lipinski definition) is 1. The Kier molecular flexibility index (Phi) is 6.72. The van der Waals surface area contributed by atoms with Crippen molar-refractivity contribution in [3.8, 4) is 22.8 Å². The molecule has 1 N–H and O–H groups in total. The lowest BCUT2D eigenvalue weighted by molar-refractivity contribution is -0.134. The summed E-state index contributed by atoms with van der Waals surface area (Å²) in [5.41, 5.74) is 3.33. The minimum Gasteiger partial charge on any atom is -0.454 e. The maximum absolute atomic E-state index is 13.2. The topological polar surface area (TPSA) is 80.8 Å². The van der Waals surface area contributed by atoms with Crippen LogP contribution in [0.3, 0.4) is 0 Å². The van der Waals surface area contributed by atoms with Crippen LogP contribution in [0, 0.1) is 0 Å². The third-order valence-electron chi connectivity index (χ3n) is 5.49. The fraction of sp³-hybridized carbons (Fsp3) is 0.148. The Labute approximate surface area is 207 Å². The monoisotopic (exact) mass is 485 g/mol. The van der Waals surface area contributed by atoms with E-state index in [1.165, 1.54) is 11.3 Å². The molecule has 0 radical (unpaired) electrons. The second-order valence-electron chi connectivity index (χ2n) is 8.02. The van der Waals surface area contributed by atoms with Crippen LogP contribution in [0.2, 0.25) is 0 Å². The molecule has 0 bridgehead atoms. The standard InChI is InChI=1S/C27H23N3O4S/c31-25(28-21-11-12-23-24(14-21)34-18-33-23)15-30(27(32)13-19-7-3-1-4-8-19)16-26-29-22(17-35-26)20-9-5-2-6-10-20/h1-12,14,17H,13,15-16,18H2,(H,28,31). The number of amides is 2. The molecule has 5 rings (SSSR count). The first-order chi connectivity index (χ1) is 17.1. The van der Waals surface area contributed by atoms with Gasteiger partial charge in [0, 0.05) is 22.7 Å². The summed E-state index contributed by atoms with van der Waals surface area (Å²) in [5, 5.41) is 5.59. The number of rotatable bonds is 8. The van der Waals surface area contributed by atoms with Crippen LogP contribution in [-0.2, 0) is 22.6 Å². The summed E-state index contributed by atoms with van der Waals surface area (Å²) in [4.78, 5) is 32.4. The molecule has 1 aromatic heterocycles. The molecule has 0 aliphatic carbocycles. The van der Waals surface area contributed by atoms with Gasteiger partial charge in [0.2, 0.25) is 18.6 Å². The lowest BCUT2D eigenvalue weighted by Gasteiger charge is -2.21. The van der Waals surface area contributed by atoms with E-state index in [9.17, 15) is 9.59 Å². The lowest BCUT2D eigenvalue weighted by atomic mass is 10.1. The minimum atomic E-state index is -0.301. The molecule has 3 aromatic carbocycles. The van der Waals surface area contributed by atoms with Crippen LogP contribution in [0.5, 0.6) is 11.5 Å². The van der Waals surface area contributed by atoms with Gasteiger partial charge in [-0.2, -0.15) is 0 Å². The van der Waals surface area contributed by atoms with E-state index in [0.29, 0.717) is 17.2 Å². The highest BCUT2D eigenvalue weighted by atomic mass is 32.1. The van der Waals surface area contributed by atoms with E-state index in [-0.39, 0.29) is 38.1 Å². The first kappa shape index (κ1) is 22.6. The molecule has 0 atom stereocenters. The zero-order chi connectivity index (χ0) is 24.0. The third kappa shape index (κ3) is 5.67. The Morgan fingerprint density at radius 2 is 1.69 bits per heavy atom. The highest BCUT2D eigenvalue weighted by Crippen LogP contribution is 2.34. The van der Waals surface area contributed by atoms with Crippen molar-refractivity contribution in [3.63, 3.8) is 0 Å². The molecule has 0 spiro atoms. The van der Waals surface area contributed by atoms with E-state index in [0.717, 1.165) is 21.8 Å². The first-order valence-electron chi connectivity index (χ1n) is 11.1. The molecular formula is C27H23N3O4S. The summed E-state index contributed by atoms with van der Waals surface area (Å²) < 4.78 is 10.7. The van der Waals surface area contributed by atoms with Crippen LogP contribution < -0.4 is 14.8 Å². The summed E-state index contributed by atoms with van der Waals surface area (Å²) >= 11 is 1.47. The van der Waals surface area contributed by atoms with Gasteiger partial charge in [-0.25, -0.2) is 4.98 Å². The van der Waals surface area contributed by atoms with Crippen molar-refractivity contribution in [2.24, 2.45) is 0 Å². The maximum Gasteiger partial charge on any atom is 0.244 e. The van der Waals surface area contributed by atoms with Gasteiger partial charge in [-0.3, -0.25) is 9.59 Å². The molecule has 7 nitrogen and oxygen atoms in total. The fourth-order valence-electron chi connectivity index (χ4n) is 3.75. The van der Waals surface area contributed by atoms with E-state index < -0.39 is 0 Å². The van der Waals surface area contributed by atoms with Crippen LogP contribution in [0.4, 0.5) is 5.69 Å². The van der Waals surface area contributed by atoms with E-state index in [4.69, 9.17) is 14.5 Å². The van der Waals surface area contributed by atoms with Gasteiger partial charge in [0.1, 0.15) is 11.6 Å². The van der Waals surface area contributed by atoms with Gasteiger partial charge < -0.3 is 19.7 Å². The molecule has 176 valence electrons. The summed E-state index contributed by atoms with van der Waals surface area (Å²) in [6, 6.07) is 24.6. The third-order valence-corrected chi connectivity index (χ3v) is 6.32. The predicted octanol–water partition coefficient (Wildman–Crippen LogP) is 4.75. The Hall–Kier alpha value is -4.17. The number of ether oxygens (including phenoxy) is 2. The quantitative estimate of drug-likeness (QED) is 0.390. The molecule has 1 aliphatic rings. The van der Waals surface area contributed by atoms with Crippen molar-refractivity contribution in [2.75, 3.05) is 18.7 Å². The number of nitrogens with zero attached hydrogens (tertiary/aromatic N) is 2. The van der Waals surface area contributed by atoms with Crippen molar-refractivity contribution in [3.05, 3.63) is 94.8 Å². The van der Waals surface area contributed by atoms with E-state index in [1.807, 2.05) is 66.0 Å². The summed E-state index contributed by atoms with van der Waals surface area (Å²) in [6.07, 6.45) is 0.203. The summed E-state index contributed by atoms with van der Waals surface area (Å²) in [5.74, 6) is 0.773. The molecule has 0 saturated carbocycles. The van der Waals surface area contributed by atoms with Crippen molar-refractivity contribution in [1.82, 2.24) is 9.88 Å². The van der Waals surface area contributed by atoms with E-state index in [1.54, 1.807) is 23.1 Å². The molecule has 8 heteroatoms. The fourth-order valence-corrected chi connectivity index (χ4v) is 4.57. The predicted molar refractivity (Wildman–Crippen MR) is 134 cm³/mol. The first-order valence-corrected chi connectivity index (χ1v) is 12.0. The number of carbonyl (C=O) groups excluding carboxylic acids is 2. The van der Waals surface area contributed by atoms with Gasteiger partial charge in [-0.15, -0.1) is 11.3 Å². The second kappa shape index (κ2) is 10.4. The summed E-state index contributed by atoms with van der Waals surface area (Å²) in [6.45, 7) is 0.311. The van der Waals surface area contributed by atoms with Crippen molar-refractivity contribution >= 4 is 28.8 Å². The molecule has 0 fully saturated rings. The Bertz CT molecular complexity index is 1320. The number of aromatic nitrogens is 1. The van der Waals surface area contributed by atoms with Gasteiger partial charge in [-0.1, -0.05) is 60.7 Å². The lowest BCUT2D eigenvalue weighted by Crippen LogP contribution is -2.38. The Balaban J connectivity index is 1.31. The highest BCUT2D eigenvalue weighted by molar-refractivity contribution is 7.09. The maximum atomic E-state index is 13.2. The van der Waals surface area contributed by atoms with Gasteiger partial charge in [0.15, 0.2) is 11.5 Å². The smallest absolute Gasteiger partial charge is 0.244 e. The molecule has 1 aliphatic heterocycles. The highest BCUT2D eigenvalue weighted by Gasteiger charge is 2.21. The molecule has 2 amide bonds.